The number of rotatable bonds is 6. The summed E-state index contributed by atoms with van der Waals surface area (Å²) in [5.41, 5.74) is -0.194. The van der Waals surface area contributed by atoms with Crippen molar-refractivity contribution in [2.45, 2.75) is 24.3 Å². The summed E-state index contributed by atoms with van der Waals surface area (Å²) < 4.78 is 69.7. The van der Waals surface area contributed by atoms with Crippen LogP contribution in [0.2, 0.25) is 0 Å². The second-order valence-electron chi connectivity index (χ2n) is 7.74. The lowest BCUT2D eigenvalue weighted by atomic mass is 9.81. The van der Waals surface area contributed by atoms with Gasteiger partial charge in [0.25, 0.3) is 0 Å². The van der Waals surface area contributed by atoms with Gasteiger partial charge in [0.05, 0.1) is 25.6 Å². The molecule has 1 aromatic heterocycles. The first-order valence-corrected chi connectivity index (χ1v) is 11.0. The van der Waals surface area contributed by atoms with Crippen molar-refractivity contribution in [2.75, 3.05) is 44.9 Å². The Balaban J connectivity index is 0.000000339. The van der Waals surface area contributed by atoms with Gasteiger partial charge in [-0.1, -0.05) is 0 Å². The van der Waals surface area contributed by atoms with E-state index < -0.39 is 22.2 Å². The monoisotopic (exact) mass is 468 g/mol. The van der Waals surface area contributed by atoms with Gasteiger partial charge in [-0.05, 0) is 12.8 Å². The summed E-state index contributed by atoms with van der Waals surface area (Å²) in [5, 5.41) is 6.93. The molecule has 0 aromatic carbocycles. The average molecular weight is 468 g/mol. The summed E-state index contributed by atoms with van der Waals surface area (Å²) in [5.74, 6) is -1.13. The standard InChI is InChI=1S/C15H22N4O4S.C2HF3O2/c1-22-14-4-13(16-10-17-14)19-5-11-6-23-9-15(11,8-19)7-18-24(20,21)12-2-3-12;3-2(4,5)1(6)7/h4,10-12,18H,2-3,5-9H2,1H3;(H,6,7)/t11-,15+;/m1./s1. The summed E-state index contributed by atoms with van der Waals surface area (Å²) in [6.07, 6.45) is -2.05. The zero-order valence-electron chi connectivity index (χ0n) is 16.6. The maximum atomic E-state index is 12.2. The van der Waals surface area contributed by atoms with E-state index in [2.05, 4.69) is 19.6 Å². The van der Waals surface area contributed by atoms with E-state index in [9.17, 15) is 21.6 Å². The van der Waals surface area contributed by atoms with Gasteiger partial charge in [-0.25, -0.2) is 27.9 Å². The number of aromatic nitrogens is 2. The minimum Gasteiger partial charge on any atom is -0.481 e. The third-order valence-electron chi connectivity index (χ3n) is 5.51. The fraction of sp³-hybridized carbons (Fsp3) is 0.706. The van der Waals surface area contributed by atoms with E-state index in [1.807, 2.05) is 6.07 Å². The first kappa shape index (κ1) is 23.5. The van der Waals surface area contributed by atoms with E-state index in [4.69, 9.17) is 19.4 Å². The summed E-state index contributed by atoms with van der Waals surface area (Å²) in [7, 11) is -1.60. The number of hydrogen-bond donors (Lipinski definition) is 2. The molecule has 3 heterocycles. The molecule has 1 aliphatic carbocycles. The number of methoxy groups -OCH3 is 1. The van der Waals surface area contributed by atoms with Crippen molar-refractivity contribution in [2.24, 2.45) is 11.3 Å². The molecule has 0 unspecified atom stereocenters. The number of alkyl halides is 3. The molecule has 2 N–H and O–H groups in total. The van der Waals surface area contributed by atoms with E-state index in [0.29, 0.717) is 38.1 Å². The van der Waals surface area contributed by atoms with E-state index >= 15 is 0 Å². The van der Waals surface area contributed by atoms with Gasteiger partial charge in [-0.15, -0.1) is 0 Å². The van der Waals surface area contributed by atoms with Gasteiger partial charge in [-0.2, -0.15) is 13.2 Å². The fourth-order valence-corrected chi connectivity index (χ4v) is 5.09. The molecule has 14 heteroatoms. The van der Waals surface area contributed by atoms with Crippen LogP contribution < -0.4 is 14.4 Å². The van der Waals surface area contributed by atoms with Gasteiger partial charge in [0, 0.05) is 37.0 Å². The van der Waals surface area contributed by atoms with Crippen LogP contribution in [0.15, 0.2) is 12.4 Å². The highest BCUT2D eigenvalue weighted by molar-refractivity contribution is 7.90. The van der Waals surface area contributed by atoms with Crippen molar-refractivity contribution in [3.63, 3.8) is 0 Å². The summed E-state index contributed by atoms with van der Waals surface area (Å²) in [6.45, 7) is 3.17. The van der Waals surface area contributed by atoms with Gasteiger partial charge >= 0.3 is 12.1 Å². The zero-order valence-corrected chi connectivity index (χ0v) is 17.4. The first-order chi connectivity index (χ1) is 14.5. The number of halogens is 3. The Labute approximate surface area is 176 Å². The number of nitrogens with zero attached hydrogens (tertiary/aromatic N) is 3. The normalized spacial score (nSPS) is 25.5. The van der Waals surface area contributed by atoms with Crippen LogP contribution in [0.1, 0.15) is 12.8 Å². The van der Waals surface area contributed by atoms with Gasteiger partial charge in [0.15, 0.2) is 0 Å². The topological polar surface area (TPSA) is 131 Å². The number of carboxylic acids is 1. The van der Waals surface area contributed by atoms with E-state index in [0.717, 1.165) is 25.2 Å². The molecular formula is C17H23F3N4O6S. The number of hydrogen-bond acceptors (Lipinski definition) is 8. The largest absolute Gasteiger partial charge is 0.490 e. The molecule has 10 nitrogen and oxygen atoms in total. The molecule has 31 heavy (non-hydrogen) atoms. The minimum atomic E-state index is -5.08. The van der Waals surface area contributed by atoms with Crippen LogP contribution in [0.25, 0.3) is 0 Å². The summed E-state index contributed by atoms with van der Waals surface area (Å²) >= 11 is 0. The van der Waals surface area contributed by atoms with Crippen molar-refractivity contribution in [1.29, 1.82) is 0 Å². The minimum absolute atomic E-state index is 0.194. The number of aliphatic carboxylic acids is 1. The highest BCUT2D eigenvalue weighted by Crippen LogP contribution is 2.42. The van der Waals surface area contributed by atoms with E-state index in [1.165, 1.54) is 6.33 Å². The Kier molecular flexibility index (Phi) is 6.62. The fourth-order valence-electron chi connectivity index (χ4n) is 3.61. The summed E-state index contributed by atoms with van der Waals surface area (Å²) in [6, 6.07) is 1.81. The number of ether oxygens (including phenoxy) is 2. The van der Waals surface area contributed by atoms with Gasteiger partial charge in [0.2, 0.25) is 15.9 Å². The van der Waals surface area contributed by atoms with Crippen LogP contribution in [0, 0.1) is 11.3 Å². The van der Waals surface area contributed by atoms with Crippen molar-refractivity contribution in [3.05, 3.63) is 12.4 Å². The molecule has 3 fully saturated rings. The average Bonchev–Trinajstić information content (AvgIpc) is 3.41. The van der Waals surface area contributed by atoms with Crippen LogP contribution in [0.3, 0.4) is 0 Å². The van der Waals surface area contributed by atoms with Crippen molar-refractivity contribution in [3.8, 4) is 5.88 Å². The molecule has 4 rings (SSSR count). The van der Waals surface area contributed by atoms with Gasteiger partial charge < -0.3 is 19.5 Å². The van der Waals surface area contributed by atoms with Crippen molar-refractivity contribution >= 4 is 21.8 Å². The van der Waals surface area contributed by atoms with Gasteiger partial charge in [0.1, 0.15) is 12.1 Å². The second-order valence-corrected chi connectivity index (χ2v) is 9.79. The molecule has 1 aromatic rings. The molecule has 0 bridgehead atoms. The molecule has 0 radical (unpaired) electrons. The number of fused-ring (bicyclic) bond motifs is 1. The quantitative estimate of drug-likeness (QED) is 0.618. The zero-order chi connectivity index (χ0) is 22.9. The van der Waals surface area contributed by atoms with Crippen LogP contribution >= 0.6 is 0 Å². The highest BCUT2D eigenvalue weighted by atomic mass is 32.2. The molecule has 2 atom stereocenters. The highest BCUT2D eigenvalue weighted by Gasteiger charge is 2.52. The second kappa shape index (κ2) is 8.74. The lowest BCUT2D eigenvalue weighted by Gasteiger charge is -2.27. The number of nitrogens with one attached hydrogen (secondary N) is 1. The van der Waals surface area contributed by atoms with Crippen molar-refractivity contribution in [1.82, 2.24) is 14.7 Å². The smallest absolute Gasteiger partial charge is 0.481 e. The number of sulfonamides is 1. The lowest BCUT2D eigenvalue weighted by molar-refractivity contribution is -0.192. The third-order valence-corrected chi connectivity index (χ3v) is 7.41. The molecular weight excluding hydrogens is 445 g/mol. The van der Waals surface area contributed by atoms with Crippen LogP contribution in [-0.4, -0.2) is 80.8 Å². The molecule has 1 saturated carbocycles. The first-order valence-electron chi connectivity index (χ1n) is 9.44. The lowest BCUT2D eigenvalue weighted by Crippen LogP contribution is -2.44. The predicted molar refractivity (Wildman–Crippen MR) is 101 cm³/mol. The van der Waals surface area contributed by atoms with E-state index in [1.54, 1.807) is 7.11 Å². The Morgan fingerprint density at radius 2 is 2.10 bits per heavy atom. The number of carbonyl (C=O) groups is 1. The number of carboxylic acid groups (broad SMARTS) is 1. The van der Waals surface area contributed by atoms with Crippen LogP contribution in [-0.2, 0) is 19.6 Å². The van der Waals surface area contributed by atoms with E-state index in [-0.39, 0.29) is 10.7 Å². The predicted octanol–water partition coefficient (Wildman–Crippen LogP) is 0.653. The molecule has 174 valence electrons. The van der Waals surface area contributed by atoms with Crippen LogP contribution in [0.4, 0.5) is 19.0 Å². The Hall–Kier alpha value is -2.19. The van der Waals surface area contributed by atoms with Crippen LogP contribution in [0.5, 0.6) is 5.88 Å². The molecule has 0 spiro atoms. The molecule has 2 saturated heterocycles. The maximum absolute atomic E-state index is 12.2. The Bertz CT molecular complexity index is 911. The van der Waals surface area contributed by atoms with Crippen molar-refractivity contribution < 1.29 is 41.0 Å². The Morgan fingerprint density at radius 1 is 1.42 bits per heavy atom. The van der Waals surface area contributed by atoms with Gasteiger partial charge in [-0.3, -0.25) is 0 Å². The number of anilines is 1. The SMILES string of the molecule is COc1cc(N2C[C@@H]3COC[C@]3(CNS(=O)(=O)C3CC3)C2)ncn1.O=C(O)C(F)(F)F. The maximum Gasteiger partial charge on any atom is 0.490 e. The molecule has 2 aliphatic heterocycles. The Morgan fingerprint density at radius 3 is 2.68 bits per heavy atom. The summed E-state index contributed by atoms with van der Waals surface area (Å²) in [4.78, 5) is 19.4. The third kappa shape index (κ3) is 5.54. The molecule has 0 amide bonds. The molecule has 3 aliphatic rings.